The van der Waals surface area contributed by atoms with Gasteiger partial charge in [0, 0.05) is 33.6 Å². The molecule has 0 radical (unpaired) electrons. The van der Waals surface area contributed by atoms with Gasteiger partial charge in [-0.05, 0) is 31.6 Å². The quantitative estimate of drug-likeness (QED) is 0.352. The first-order chi connectivity index (χ1) is 20.5. The fourth-order valence-electron chi connectivity index (χ4n) is 5.52. The summed E-state index contributed by atoms with van der Waals surface area (Å²) in [6, 6.07) is -3.87. The van der Waals surface area contributed by atoms with E-state index in [9.17, 15) is 38.7 Å². The van der Waals surface area contributed by atoms with Crippen LogP contribution in [-0.4, -0.2) is 119 Å². The molecule has 0 bridgehead atoms. The lowest BCUT2D eigenvalue weighted by Gasteiger charge is -2.38. The van der Waals surface area contributed by atoms with E-state index in [-0.39, 0.29) is 37.8 Å². The number of hydrogen-bond donors (Lipinski definition) is 3. The normalized spacial score (nSPS) is 28.4. The van der Waals surface area contributed by atoms with E-state index < -0.39 is 77.7 Å². The minimum atomic E-state index is -1.47. The molecule has 2 rings (SSSR count). The molecule has 0 saturated carbocycles. The number of fused-ring (bicyclic) bond motifs is 1. The van der Waals surface area contributed by atoms with Crippen molar-refractivity contribution in [1.82, 2.24) is 25.3 Å². The molecule has 44 heavy (non-hydrogen) atoms. The van der Waals surface area contributed by atoms with Crippen molar-refractivity contribution in [2.45, 2.75) is 104 Å². The Hall–Kier alpha value is -3.71. The average molecular weight is 624 g/mol. The van der Waals surface area contributed by atoms with Crippen LogP contribution < -0.4 is 10.6 Å². The van der Waals surface area contributed by atoms with E-state index in [2.05, 4.69) is 10.6 Å². The van der Waals surface area contributed by atoms with E-state index in [1.54, 1.807) is 20.8 Å². The number of ether oxygens (including phenoxy) is 1. The number of likely N-dealkylation sites (N-methyl/N-ethyl adjacent to an activating group) is 2. The summed E-state index contributed by atoms with van der Waals surface area (Å²) in [5.41, 5.74) is 0. The van der Waals surface area contributed by atoms with Crippen molar-refractivity contribution in [3.05, 3.63) is 0 Å². The van der Waals surface area contributed by atoms with Gasteiger partial charge in [-0.1, -0.05) is 41.0 Å². The summed E-state index contributed by atoms with van der Waals surface area (Å²) in [5, 5.41) is 14.9. The van der Waals surface area contributed by atoms with Gasteiger partial charge in [0.05, 0.1) is 12.3 Å². The monoisotopic (exact) mass is 623 g/mol. The first-order valence-corrected chi connectivity index (χ1v) is 15.4. The Morgan fingerprint density at radius 2 is 1.61 bits per heavy atom. The van der Waals surface area contributed by atoms with Gasteiger partial charge in [0.25, 0.3) is 5.91 Å². The number of cyclic esters (lactones) is 1. The van der Waals surface area contributed by atoms with Crippen LogP contribution in [0.25, 0.3) is 0 Å². The highest BCUT2D eigenvalue weighted by molar-refractivity contribution is 5.96. The first kappa shape index (κ1) is 36.5. The number of carbonyl (C=O) groups is 7. The third kappa shape index (κ3) is 8.69. The maximum absolute atomic E-state index is 13.9. The molecule has 2 fully saturated rings. The average Bonchev–Trinajstić information content (AvgIpc) is 3.46. The highest BCUT2D eigenvalue weighted by atomic mass is 16.5. The number of amides is 5. The molecule has 2 aliphatic rings. The molecule has 2 saturated heterocycles. The number of aliphatic carboxylic acids is 1. The van der Waals surface area contributed by atoms with Crippen LogP contribution in [0.4, 0.5) is 0 Å². The van der Waals surface area contributed by atoms with Gasteiger partial charge in [0.15, 0.2) is 6.10 Å². The van der Waals surface area contributed by atoms with Crippen molar-refractivity contribution in [2.75, 3.05) is 27.2 Å². The summed E-state index contributed by atoms with van der Waals surface area (Å²) in [6.45, 7) is 10.2. The molecule has 0 aromatic carbocycles. The van der Waals surface area contributed by atoms with Crippen molar-refractivity contribution in [3.63, 3.8) is 0 Å². The molecule has 5 amide bonds. The topological polar surface area (TPSA) is 183 Å². The van der Waals surface area contributed by atoms with Crippen LogP contribution in [0.15, 0.2) is 0 Å². The molecule has 0 unspecified atom stereocenters. The van der Waals surface area contributed by atoms with Crippen LogP contribution in [0.5, 0.6) is 0 Å². The van der Waals surface area contributed by atoms with Crippen LogP contribution in [0.2, 0.25) is 0 Å². The van der Waals surface area contributed by atoms with Crippen molar-refractivity contribution in [1.29, 1.82) is 0 Å². The molecular formula is C30H49N5O9. The van der Waals surface area contributed by atoms with E-state index in [1.165, 1.54) is 42.6 Å². The van der Waals surface area contributed by atoms with Crippen molar-refractivity contribution in [3.8, 4) is 0 Å². The van der Waals surface area contributed by atoms with Gasteiger partial charge in [-0.15, -0.1) is 0 Å². The Bertz CT molecular complexity index is 1110. The standard InChI is InChI=1S/C30H49N5O9/c1-9-17(4)23-28(40)34(8)24(16(2)3)29(41)33(7)19(6)25(37)31-13-12-22(36)44-21(15-18(5)30(42)43)27(39)35-14-10-11-20(35)26(38)32-23/h16-21,23-24H,9-15H2,1-8H3,(H,31,37)(H,32,38)(H,42,43)/t17-,18+,19+,20+,21+,23+,24+/m0/s1. The second-order valence-corrected chi connectivity index (χ2v) is 12.3. The Labute approximate surface area is 259 Å². The second kappa shape index (κ2) is 15.8. The molecule has 7 atom stereocenters. The summed E-state index contributed by atoms with van der Waals surface area (Å²) >= 11 is 0. The number of carbonyl (C=O) groups excluding carboxylic acids is 6. The Kier molecular flexibility index (Phi) is 13.1. The van der Waals surface area contributed by atoms with Crippen LogP contribution in [-0.2, 0) is 38.3 Å². The molecule has 248 valence electrons. The molecule has 0 aliphatic carbocycles. The van der Waals surface area contributed by atoms with E-state index in [0.717, 1.165) is 0 Å². The predicted octanol–water partition coefficient (Wildman–Crippen LogP) is 0.381. The Morgan fingerprint density at radius 1 is 0.977 bits per heavy atom. The van der Waals surface area contributed by atoms with E-state index in [1.807, 2.05) is 6.92 Å². The summed E-state index contributed by atoms with van der Waals surface area (Å²) in [5.74, 6) is -6.46. The Balaban J connectivity index is 2.56. The number of esters is 1. The number of hydrogen-bond acceptors (Lipinski definition) is 8. The minimum Gasteiger partial charge on any atom is -0.481 e. The van der Waals surface area contributed by atoms with Crippen LogP contribution in [0.1, 0.15) is 73.6 Å². The van der Waals surface area contributed by atoms with Crippen LogP contribution in [0.3, 0.4) is 0 Å². The molecule has 0 aromatic heterocycles. The summed E-state index contributed by atoms with van der Waals surface area (Å²) < 4.78 is 5.44. The van der Waals surface area contributed by atoms with Crippen molar-refractivity contribution < 1.29 is 43.4 Å². The van der Waals surface area contributed by atoms with E-state index in [0.29, 0.717) is 19.3 Å². The third-order valence-electron chi connectivity index (χ3n) is 8.74. The summed E-state index contributed by atoms with van der Waals surface area (Å²) in [6.07, 6.45) is -0.787. The molecule has 14 heteroatoms. The Morgan fingerprint density at radius 3 is 2.18 bits per heavy atom. The lowest BCUT2D eigenvalue weighted by atomic mass is 9.94. The zero-order valence-electron chi connectivity index (χ0n) is 27.1. The summed E-state index contributed by atoms with van der Waals surface area (Å²) in [4.78, 5) is 96.0. The maximum Gasteiger partial charge on any atom is 0.308 e. The second-order valence-electron chi connectivity index (χ2n) is 12.3. The molecule has 14 nitrogen and oxygen atoms in total. The van der Waals surface area contributed by atoms with Crippen molar-refractivity contribution in [2.24, 2.45) is 17.8 Å². The van der Waals surface area contributed by atoms with Crippen LogP contribution >= 0.6 is 0 Å². The van der Waals surface area contributed by atoms with Crippen LogP contribution in [0, 0.1) is 17.8 Å². The highest BCUT2D eigenvalue weighted by Gasteiger charge is 2.43. The number of carboxylic acid groups (broad SMARTS) is 1. The first-order valence-electron chi connectivity index (χ1n) is 15.4. The lowest BCUT2D eigenvalue weighted by molar-refractivity contribution is -0.164. The summed E-state index contributed by atoms with van der Waals surface area (Å²) in [7, 11) is 2.95. The number of nitrogens with one attached hydrogen (secondary N) is 2. The number of nitrogens with zero attached hydrogens (tertiary/aromatic N) is 3. The zero-order valence-corrected chi connectivity index (χ0v) is 27.1. The van der Waals surface area contributed by atoms with Gasteiger partial charge in [-0.25, -0.2) is 0 Å². The number of rotatable bonds is 6. The van der Waals surface area contributed by atoms with Crippen molar-refractivity contribution >= 4 is 41.5 Å². The van der Waals surface area contributed by atoms with Gasteiger partial charge < -0.3 is 35.2 Å². The third-order valence-corrected chi connectivity index (χ3v) is 8.74. The van der Waals surface area contributed by atoms with Gasteiger partial charge in [0.2, 0.25) is 23.6 Å². The van der Waals surface area contributed by atoms with Gasteiger partial charge >= 0.3 is 11.9 Å². The van der Waals surface area contributed by atoms with E-state index >= 15 is 0 Å². The fraction of sp³-hybridized carbons (Fsp3) is 0.767. The maximum atomic E-state index is 13.9. The molecule has 3 N–H and O–H groups in total. The fourth-order valence-corrected chi connectivity index (χ4v) is 5.52. The largest absolute Gasteiger partial charge is 0.481 e. The highest BCUT2D eigenvalue weighted by Crippen LogP contribution is 2.24. The number of carboxylic acids is 1. The molecule has 2 aliphatic heterocycles. The molecular weight excluding hydrogens is 574 g/mol. The minimum absolute atomic E-state index is 0.156. The van der Waals surface area contributed by atoms with Gasteiger partial charge in [0.1, 0.15) is 24.2 Å². The van der Waals surface area contributed by atoms with E-state index in [4.69, 9.17) is 4.74 Å². The predicted molar refractivity (Wildman–Crippen MR) is 159 cm³/mol. The van der Waals surface area contributed by atoms with Gasteiger partial charge in [-0.3, -0.25) is 33.6 Å². The molecule has 2 heterocycles. The smallest absolute Gasteiger partial charge is 0.308 e. The zero-order chi connectivity index (χ0) is 33.5. The SMILES string of the molecule is CC[C@H](C)[C@H]1NC(=O)[C@H]2CCCN2C(=O)[C@@H](C[C@@H](C)C(=O)O)OC(=O)CCNC(=O)[C@@H](C)N(C)C(=O)[C@@H](C(C)C)N(C)C1=O. The molecule has 0 spiro atoms. The molecule has 0 aromatic rings. The lowest BCUT2D eigenvalue weighted by Crippen LogP contribution is -2.60. The van der Waals surface area contributed by atoms with Gasteiger partial charge in [-0.2, -0.15) is 0 Å².